The van der Waals surface area contributed by atoms with Crippen LogP contribution in [0.1, 0.15) is 271 Å². The normalized spacial score (nSPS) is 13.6. The maximum Gasteiger partial charge on any atom is 0.306 e. The SMILES string of the molecule is CCCCC/C=C/C=C/C=C/C=C/CCCCCC(CC(=O)NC(CO)C(O)CCCCCCCCCCCCCCCCC)OC(=O)CCCCC/C=C\CCCCCCCCC. The topological polar surface area (TPSA) is 95.9 Å². The number of aliphatic hydroxyl groups excluding tert-OH is 2. The van der Waals surface area contributed by atoms with Gasteiger partial charge in [-0.1, -0.05) is 242 Å². The highest BCUT2D eigenvalue weighted by Gasteiger charge is 2.24. The molecule has 0 aliphatic carbocycles. The molecule has 0 saturated heterocycles. The average molecular weight is 896 g/mol. The van der Waals surface area contributed by atoms with Crippen molar-refractivity contribution in [3.05, 3.63) is 60.8 Å². The number of amides is 1. The van der Waals surface area contributed by atoms with Gasteiger partial charge < -0.3 is 20.3 Å². The van der Waals surface area contributed by atoms with Crippen LogP contribution in [0.5, 0.6) is 0 Å². The van der Waals surface area contributed by atoms with Crippen LogP contribution in [0.25, 0.3) is 0 Å². The van der Waals surface area contributed by atoms with E-state index >= 15 is 0 Å². The van der Waals surface area contributed by atoms with E-state index in [0.717, 1.165) is 83.5 Å². The molecule has 0 aromatic heterocycles. The number of hydrogen-bond donors (Lipinski definition) is 3. The highest BCUT2D eigenvalue weighted by molar-refractivity contribution is 5.77. The van der Waals surface area contributed by atoms with Crippen LogP contribution in [0.2, 0.25) is 0 Å². The Hall–Kier alpha value is -2.44. The minimum absolute atomic E-state index is 0.0452. The van der Waals surface area contributed by atoms with Crippen molar-refractivity contribution in [1.82, 2.24) is 5.32 Å². The molecule has 64 heavy (non-hydrogen) atoms. The summed E-state index contributed by atoms with van der Waals surface area (Å²) >= 11 is 0. The van der Waals surface area contributed by atoms with Crippen LogP contribution in [0.15, 0.2) is 60.8 Å². The molecule has 0 radical (unpaired) electrons. The first-order chi connectivity index (χ1) is 31.5. The zero-order valence-electron chi connectivity index (χ0n) is 42.4. The quantitative estimate of drug-likeness (QED) is 0.0245. The van der Waals surface area contributed by atoms with Crippen LogP contribution >= 0.6 is 0 Å². The van der Waals surface area contributed by atoms with E-state index in [0.29, 0.717) is 19.3 Å². The monoisotopic (exact) mass is 896 g/mol. The molecule has 0 saturated carbocycles. The van der Waals surface area contributed by atoms with E-state index in [1.165, 1.54) is 141 Å². The molecule has 372 valence electrons. The van der Waals surface area contributed by atoms with E-state index in [9.17, 15) is 19.8 Å². The van der Waals surface area contributed by atoms with Gasteiger partial charge >= 0.3 is 5.97 Å². The molecular formula is C58H105NO5. The van der Waals surface area contributed by atoms with Gasteiger partial charge in [0.1, 0.15) is 6.10 Å². The van der Waals surface area contributed by atoms with Crippen molar-refractivity contribution in [3.63, 3.8) is 0 Å². The average Bonchev–Trinajstić information content (AvgIpc) is 3.29. The second-order valence-corrected chi connectivity index (χ2v) is 18.7. The van der Waals surface area contributed by atoms with E-state index in [4.69, 9.17) is 4.74 Å². The Morgan fingerprint density at radius 3 is 1.30 bits per heavy atom. The summed E-state index contributed by atoms with van der Waals surface area (Å²) in [5.41, 5.74) is 0. The van der Waals surface area contributed by atoms with Gasteiger partial charge in [0, 0.05) is 6.42 Å². The first-order valence-corrected chi connectivity index (χ1v) is 27.6. The van der Waals surface area contributed by atoms with E-state index in [1.54, 1.807) is 0 Å². The summed E-state index contributed by atoms with van der Waals surface area (Å²) < 4.78 is 5.92. The number of unbranched alkanes of at least 4 members (excludes halogenated alkanes) is 30. The fourth-order valence-electron chi connectivity index (χ4n) is 8.20. The molecule has 0 aliphatic heterocycles. The zero-order chi connectivity index (χ0) is 46.7. The van der Waals surface area contributed by atoms with E-state index in [-0.39, 0.29) is 24.9 Å². The van der Waals surface area contributed by atoms with Gasteiger partial charge in [-0.05, 0) is 77.0 Å². The molecule has 0 heterocycles. The Kier molecular flexibility index (Phi) is 49.6. The lowest BCUT2D eigenvalue weighted by Gasteiger charge is -2.24. The van der Waals surface area contributed by atoms with Gasteiger partial charge in [-0.15, -0.1) is 0 Å². The summed E-state index contributed by atoms with van der Waals surface area (Å²) in [6, 6.07) is -0.719. The van der Waals surface area contributed by atoms with Gasteiger partial charge in [-0.25, -0.2) is 0 Å². The Morgan fingerprint density at radius 2 is 0.812 bits per heavy atom. The molecule has 0 spiro atoms. The maximum absolute atomic E-state index is 13.2. The minimum atomic E-state index is -0.803. The fraction of sp³-hybridized carbons (Fsp3) is 0.793. The number of esters is 1. The summed E-state index contributed by atoms with van der Waals surface area (Å²) in [4.78, 5) is 26.2. The van der Waals surface area contributed by atoms with Crippen molar-refractivity contribution in [1.29, 1.82) is 0 Å². The second-order valence-electron chi connectivity index (χ2n) is 18.7. The number of carbonyl (C=O) groups excluding carboxylic acids is 2. The molecule has 1 amide bonds. The molecule has 0 bridgehead atoms. The van der Waals surface area contributed by atoms with Crippen molar-refractivity contribution in [3.8, 4) is 0 Å². The van der Waals surface area contributed by atoms with Gasteiger partial charge in [0.2, 0.25) is 5.91 Å². The number of ether oxygens (including phenoxy) is 1. The molecule has 3 atom stereocenters. The van der Waals surface area contributed by atoms with Crippen molar-refractivity contribution in [2.75, 3.05) is 6.61 Å². The number of rotatable bonds is 49. The van der Waals surface area contributed by atoms with E-state index < -0.39 is 18.2 Å². The third kappa shape index (κ3) is 46.1. The van der Waals surface area contributed by atoms with Crippen molar-refractivity contribution in [2.45, 2.75) is 289 Å². The number of allylic oxidation sites excluding steroid dienone is 10. The van der Waals surface area contributed by atoms with Gasteiger partial charge in [-0.3, -0.25) is 9.59 Å². The van der Waals surface area contributed by atoms with Crippen LogP contribution in [-0.4, -0.2) is 46.9 Å². The molecule has 3 unspecified atom stereocenters. The van der Waals surface area contributed by atoms with E-state index in [2.05, 4.69) is 80.8 Å². The summed E-state index contributed by atoms with van der Waals surface area (Å²) in [7, 11) is 0. The smallest absolute Gasteiger partial charge is 0.306 e. The van der Waals surface area contributed by atoms with Gasteiger partial charge in [0.25, 0.3) is 0 Å². The first-order valence-electron chi connectivity index (χ1n) is 27.6. The number of nitrogens with one attached hydrogen (secondary N) is 1. The lowest BCUT2D eigenvalue weighted by molar-refractivity contribution is -0.151. The largest absolute Gasteiger partial charge is 0.462 e. The summed E-state index contributed by atoms with van der Waals surface area (Å²) in [6.45, 7) is 6.44. The predicted octanol–water partition coefficient (Wildman–Crippen LogP) is 16.8. The van der Waals surface area contributed by atoms with Gasteiger partial charge in [0.05, 0.1) is 25.2 Å². The Labute approximate surface area is 397 Å². The molecule has 0 rings (SSSR count). The van der Waals surface area contributed by atoms with Crippen LogP contribution in [0.3, 0.4) is 0 Å². The standard InChI is InChI=1S/C58H105NO5/c1-4-7-10-13-16-19-22-25-28-30-31-34-37-40-43-46-49-54(64-58(63)51-48-45-42-39-36-33-27-24-21-18-15-12-9-6-3)52-57(62)59-55(53-60)56(61)50-47-44-41-38-35-32-29-26-23-20-17-14-11-8-5-2/h16,19,22,25,28,30-31,33-34,36,54-56,60-61H,4-15,17-18,20-21,23-24,26-27,29,32,35,37-53H2,1-3H3,(H,59,62)/b19-16+,25-22+,30-28+,34-31+,36-33-. The number of carbonyl (C=O) groups is 2. The Balaban J connectivity index is 4.66. The Bertz CT molecular complexity index is 1140. The predicted molar refractivity (Wildman–Crippen MR) is 278 cm³/mol. The summed E-state index contributed by atoms with van der Waals surface area (Å²) in [5, 5.41) is 23.8. The molecule has 3 N–H and O–H groups in total. The third-order valence-electron chi connectivity index (χ3n) is 12.4. The van der Waals surface area contributed by atoms with Crippen LogP contribution in [0.4, 0.5) is 0 Å². The highest BCUT2D eigenvalue weighted by Crippen LogP contribution is 2.17. The molecule has 0 aliphatic rings. The Morgan fingerprint density at radius 1 is 0.453 bits per heavy atom. The summed E-state index contributed by atoms with van der Waals surface area (Å²) in [6.07, 6.45) is 64.2. The van der Waals surface area contributed by atoms with E-state index in [1.807, 2.05) is 6.08 Å². The minimum Gasteiger partial charge on any atom is -0.462 e. The molecule has 0 aromatic rings. The molecule has 0 aromatic carbocycles. The van der Waals surface area contributed by atoms with Crippen molar-refractivity contribution in [2.24, 2.45) is 0 Å². The second kappa shape index (κ2) is 51.5. The van der Waals surface area contributed by atoms with Crippen LogP contribution in [-0.2, 0) is 14.3 Å². The number of aliphatic hydroxyl groups is 2. The van der Waals surface area contributed by atoms with Crippen molar-refractivity contribution >= 4 is 11.9 Å². The van der Waals surface area contributed by atoms with Gasteiger partial charge in [0.15, 0.2) is 0 Å². The third-order valence-corrected chi connectivity index (χ3v) is 12.4. The lowest BCUT2D eigenvalue weighted by Crippen LogP contribution is -2.46. The zero-order valence-corrected chi connectivity index (χ0v) is 42.4. The number of hydrogen-bond acceptors (Lipinski definition) is 5. The molecule has 6 heteroatoms. The molecule has 6 nitrogen and oxygen atoms in total. The van der Waals surface area contributed by atoms with Crippen LogP contribution in [0, 0.1) is 0 Å². The first kappa shape index (κ1) is 61.6. The van der Waals surface area contributed by atoms with Gasteiger partial charge in [-0.2, -0.15) is 0 Å². The highest BCUT2D eigenvalue weighted by atomic mass is 16.5. The van der Waals surface area contributed by atoms with Crippen LogP contribution < -0.4 is 5.32 Å². The fourth-order valence-corrected chi connectivity index (χ4v) is 8.20. The lowest BCUT2D eigenvalue weighted by atomic mass is 10.0. The van der Waals surface area contributed by atoms with Crippen molar-refractivity contribution < 1.29 is 24.5 Å². The molecule has 0 fully saturated rings. The summed E-state index contributed by atoms with van der Waals surface area (Å²) in [5.74, 6) is -0.527. The molecular weight excluding hydrogens is 791 g/mol. The maximum atomic E-state index is 13.2.